The van der Waals surface area contributed by atoms with Crippen molar-refractivity contribution >= 4 is 0 Å². The molecule has 2 aromatic carbocycles. The molecule has 116 valence electrons. The normalized spacial score (nSPS) is 21.4. The molecule has 4 heteroatoms. The van der Waals surface area contributed by atoms with Crippen LogP contribution in [0.15, 0.2) is 48.5 Å². The van der Waals surface area contributed by atoms with Crippen molar-refractivity contribution in [2.75, 3.05) is 21.0 Å². The molecule has 2 aromatic rings. The molecule has 0 bridgehead atoms. The lowest BCUT2D eigenvalue weighted by molar-refractivity contribution is -0.179. The molecule has 1 aliphatic rings. The SMILES string of the molecule is COc1ccc(C2CC(c3ccc(OC)cc3)OCO2)cc1. The van der Waals surface area contributed by atoms with Gasteiger partial charge in [-0.1, -0.05) is 24.3 Å². The second kappa shape index (κ2) is 6.81. The van der Waals surface area contributed by atoms with Crippen LogP contribution in [-0.2, 0) is 9.47 Å². The van der Waals surface area contributed by atoms with E-state index in [0.717, 1.165) is 29.0 Å². The number of hydrogen-bond acceptors (Lipinski definition) is 4. The second-order valence-electron chi connectivity index (χ2n) is 5.21. The lowest BCUT2D eigenvalue weighted by Gasteiger charge is -2.30. The highest BCUT2D eigenvalue weighted by Gasteiger charge is 2.25. The fourth-order valence-corrected chi connectivity index (χ4v) is 2.64. The molecule has 3 rings (SSSR count). The van der Waals surface area contributed by atoms with E-state index in [0.29, 0.717) is 6.79 Å². The zero-order chi connectivity index (χ0) is 15.4. The van der Waals surface area contributed by atoms with E-state index in [-0.39, 0.29) is 12.2 Å². The molecule has 2 unspecified atom stereocenters. The standard InChI is InChI=1S/C18H20O4/c1-19-15-7-3-13(4-8-15)17-11-18(22-12-21-17)14-5-9-16(20-2)10-6-14/h3-10,17-18H,11-12H2,1-2H3. The Labute approximate surface area is 130 Å². The number of methoxy groups -OCH3 is 2. The molecule has 1 heterocycles. The van der Waals surface area contributed by atoms with Gasteiger partial charge in [0, 0.05) is 6.42 Å². The summed E-state index contributed by atoms with van der Waals surface area (Å²) >= 11 is 0. The third-order valence-corrected chi connectivity index (χ3v) is 3.94. The van der Waals surface area contributed by atoms with E-state index >= 15 is 0 Å². The molecule has 0 radical (unpaired) electrons. The Hall–Kier alpha value is -2.04. The predicted octanol–water partition coefficient (Wildman–Crippen LogP) is 3.88. The summed E-state index contributed by atoms with van der Waals surface area (Å²) in [5.74, 6) is 1.70. The van der Waals surface area contributed by atoms with Crippen LogP contribution in [0.25, 0.3) is 0 Å². The maximum Gasteiger partial charge on any atom is 0.148 e. The van der Waals surface area contributed by atoms with Gasteiger partial charge in [0.25, 0.3) is 0 Å². The van der Waals surface area contributed by atoms with E-state index in [4.69, 9.17) is 18.9 Å². The summed E-state index contributed by atoms with van der Waals surface area (Å²) < 4.78 is 21.9. The first-order chi connectivity index (χ1) is 10.8. The Morgan fingerprint density at radius 3 is 1.50 bits per heavy atom. The van der Waals surface area contributed by atoms with Gasteiger partial charge in [-0.3, -0.25) is 0 Å². The maximum atomic E-state index is 5.75. The Kier molecular flexibility index (Phi) is 4.61. The van der Waals surface area contributed by atoms with Gasteiger partial charge in [-0.25, -0.2) is 0 Å². The first kappa shape index (κ1) is 14.9. The van der Waals surface area contributed by atoms with Gasteiger partial charge < -0.3 is 18.9 Å². The van der Waals surface area contributed by atoms with Gasteiger partial charge in [-0.05, 0) is 35.4 Å². The molecule has 22 heavy (non-hydrogen) atoms. The summed E-state index contributed by atoms with van der Waals surface area (Å²) in [7, 11) is 3.33. The molecule has 0 aliphatic carbocycles. The Morgan fingerprint density at radius 2 is 1.14 bits per heavy atom. The van der Waals surface area contributed by atoms with E-state index in [2.05, 4.69) is 0 Å². The van der Waals surface area contributed by atoms with Gasteiger partial charge in [0.05, 0.1) is 26.4 Å². The summed E-state index contributed by atoms with van der Waals surface area (Å²) in [6.07, 6.45) is 0.858. The van der Waals surface area contributed by atoms with Crippen LogP contribution >= 0.6 is 0 Å². The smallest absolute Gasteiger partial charge is 0.148 e. The minimum absolute atomic E-state index is 0.0340. The van der Waals surface area contributed by atoms with Crippen molar-refractivity contribution in [2.24, 2.45) is 0 Å². The zero-order valence-electron chi connectivity index (χ0n) is 12.8. The average Bonchev–Trinajstić information content (AvgIpc) is 2.62. The van der Waals surface area contributed by atoms with Crippen molar-refractivity contribution in [3.05, 3.63) is 59.7 Å². The van der Waals surface area contributed by atoms with Crippen molar-refractivity contribution in [3.63, 3.8) is 0 Å². The van der Waals surface area contributed by atoms with Crippen molar-refractivity contribution in [3.8, 4) is 11.5 Å². The molecule has 1 fully saturated rings. The zero-order valence-corrected chi connectivity index (χ0v) is 12.8. The minimum Gasteiger partial charge on any atom is -0.497 e. The highest BCUT2D eigenvalue weighted by Crippen LogP contribution is 2.36. The van der Waals surface area contributed by atoms with Gasteiger partial charge in [0.15, 0.2) is 0 Å². The van der Waals surface area contributed by atoms with Crippen LogP contribution in [0, 0.1) is 0 Å². The molecule has 0 aromatic heterocycles. The molecule has 0 N–H and O–H groups in total. The molecular weight excluding hydrogens is 280 g/mol. The molecule has 0 saturated carbocycles. The van der Waals surface area contributed by atoms with Crippen molar-refractivity contribution < 1.29 is 18.9 Å². The number of benzene rings is 2. The Balaban J connectivity index is 1.72. The highest BCUT2D eigenvalue weighted by molar-refractivity contribution is 5.31. The van der Waals surface area contributed by atoms with Crippen LogP contribution in [0.4, 0.5) is 0 Å². The summed E-state index contributed by atoms with van der Waals surface area (Å²) in [5, 5.41) is 0. The van der Waals surface area contributed by atoms with Crippen LogP contribution < -0.4 is 9.47 Å². The maximum absolute atomic E-state index is 5.75. The van der Waals surface area contributed by atoms with Gasteiger partial charge >= 0.3 is 0 Å². The third kappa shape index (κ3) is 3.24. The molecule has 4 nitrogen and oxygen atoms in total. The lowest BCUT2D eigenvalue weighted by Crippen LogP contribution is -2.21. The fraction of sp³-hybridized carbons (Fsp3) is 0.333. The number of hydrogen-bond donors (Lipinski definition) is 0. The van der Waals surface area contributed by atoms with E-state index in [1.54, 1.807) is 14.2 Å². The molecule has 1 aliphatic heterocycles. The van der Waals surface area contributed by atoms with Gasteiger partial charge in [0.2, 0.25) is 0 Å². The second-order valence-corrected chi connectivity index (χ2v) is 5.21. The average molecular weight is 300 g/mol. The molecule has 0 spiro atoms. The van der Waals surface area contributed by atoms with Crippen LogP contribution in [-0.4, -0.2) is 21.0 Å². The summed E-state index contributed by atoms with van der Waals surface area (Å²) in [5.41, 5.74) is 2.28. The molecule has 1 saturated heterocycles. The summed E-state index contributed by atoms with van der Waals surface area (Å²) in [6.45, 7) is 0.299. The predicted molar refractivity (Wildman–Crippen MR) is 83.1 cm³/mol. The van der Waals surface area contributed by atoms with Crippen LogP contribution in [0.3, 0.4) is 0 Å². The van der Waals surface area contributed by atoms with E-state index < -0.39 is 0 Å². The highest BCUT2D eigenvalue weighted by atomic mass is 16.7. The van der Waals surface area contributed by atoms with E-state index in [9.17, 15) is 0 Å². The topological polar surface area (TPSA) is 36.9 Å². The van der Waals surface area contributed by atoms with Gasteiger partial charge in [0.1, 0.15) is 18.3 Å². The Bertz CT molecular complexity index is 538. The number of rotatable bonds is 4. The first-order valence-electron chi connectivity index (χ1n) is 7.31. The van der Waals surface area contributed by atoms with Crippen molar-refractivity contribution in [2.45, 2.75) is 18.6 Å². The van der Waals surface area contributed by atoms with E-state index in [1.165, 1.54) is 0 Å². The molecule has 0 amide bonds. The Morgan fingerprint density at radius 1 is 0.727 bits per heavy atom. The summed E-state index contributed by atoms with van der Waals surface area (Å²) in [4.78, 5) is 0. The fourth-order valence-electron chi connectivity index (χ4n) is 2.64. The lowest BCUT2D eigenvalue weighted by atomic mass is 9.98. The minimum atomic E-state index is 0.0340. The summed E-state index contributed by atoms with van der Waals surface area (Å²) in [6, 6.07) is 16.0. The first-order valence-corrected chi connectivity index (χ1v) is 7.31. The largest absolute Gasteiger partial charge is 0.497 e. The number of ether oxygens (including phenoxy) is 4. The van der Waals surface area contributed by atoms with Crippen LogP contribution in [0.2, 0.25) is 0 Å². The van der Waals surface area contributed by atoms with Gasteiger partial charge in [-0.15, -0.1) is 0 Å². The monoisotopic (exact) mass is 300 g/mol. The van der Waals surface area contributed by atoms with Crippen molar-refractivity contribution in [1.29, 1.82) is 0 Å². The van der Waals surface area contributed by atoms with Crippen LogP contribution in [0.5, 0.6) is 11.5 Å². The molecular formula is C18H20O4. The van der Waals surface area contributed by atoms with Gasteiger partial charge in [-0.2, -0.15) is 0 Å². The van der Waals surface area contributed by atoms with Crippen molar-refractivity contribution in [1.82, 2.24) is 0 Å². The van der Waals surface area contributed by atoms with Crippen LogP contribution in [0.1, 0.15) is 29.8 Å². The molecule has 2 atom stereocenters. The quantitative estimate of drug-likeness (QED) is 0.858. The third-order valence-electron chi connectivity index (χ3n) is 3.94. The van der Waals surface area contributed by atoms with E-state index in [1.807, 2.05) is 48.5 Å².